The highest BCUT2D eigenvalue weighted by Crippen LogP contribution is 2.42. The number of carbonyl (C=O) groups is 1. The van der Waals surface area contributed by atoms with Crippen LogP contribution in [0.25, 0.3) is 23.0 Å². The van der Waals surface area contributed by atoms with Crippen LogP contribution in [0.2, 0.25) is 5.02 Å². The second kappa shape index (κ2) is 11.0. The van der Waals surface area contributed by atoms with Crippen LogP contribution in [0.4, 0.5) is 0 Å². The van der Waals surface area contributed by atoms with E-state index in [1.165, 1.54) is 11.9 Å². The van der Waals surface area contributed by atoms with E-state index in [4.69, 9.17) is 16.6 Å². The summed E-state index contributed by atoms with van der Waals surface area (Å²) in [5, 5.41) is 12.0. The number of aromatic nitrogens is 7. The molecule has 39 heavy (non-hydrogen) atoms. The number of nitrogens with one attached hydrogen (secondary N) is 1. The van der Waals surface area contributed by atoms with E-state index in [1.807, 2.05) is 47.5 Å². The fraction of sp³-hybridized carbons (Fsp3) is 0.172. The van der Waals surface area contributed by atoms with Crippen molar-refractivity contribution in [1.29, 1.82) is 0 Å². The second-order valence-electron chi connectivity index (χ2n) is 9.34. The van der Waals surface area contributed by atoms with Gasteiger partial charge in [0.25, 0.3) is 0 Å². The van der Waals surface area contributed by atoms with Crippen molar-refractivity contribution in [2.24, 2.45) is 0 Å². The largest absolute Gasteiger partial charge is 0.340 e. The molecule has 1 N–H and O–H groups in total. The lowest BCUT2D eigenvalue weighted by molar-refractivity contribution is -0.130. The second-order valence-corrected chi connectivity index (χ2v) is 9.78. The first-order valence-corrected chi connectivity index (χ1v) is 13.1. The number of piperidine rings is 1. The number of H-pyrrole nitrogens is 1. The van der Waals surface area contributed by atoms with Gasteiger partial charge in [-0.3, -0.25) is 9.78 Å². The zero-order valence-corrected chi connectivity index (χ0v) is 21.7. The average Bonchev–Trinajstić information content (AvgIpc) is 3.70. The van der Waals surface area contributed by atoms with Gasteiger partial charge in [0.2, 0.25) is 5.91 Å². The average molecular weight is 537 g/mol. The Kier molecular flexibility index (Phi) is 6.97. The molecule has 2 aromatic carbocycles. The lowest BCUT2D eigenvalue weighted by Gasteiger charge is -2.40. The predicted molar refractivity (Wildman–Crippen MR) is 148 cm³/mol. The number of hydrogen-bond acceptors (Lipinski definition) is 6. The van der Waals surface area contributed by atoms with Gasteiger partial charge in [-0.15, -0.1) is 5.10 Å². The highest BCUT2D eigenvalue weighted by molar-refractivity contribution is 6.30. The van der Waals surface area contributed by atoms with Crippen LogP contribution in [-0.4, -0.2) is 52.5 Å². The highest BCUT2D eigenvalue weighted by Gasteiger charge is 2.37. The highest BCUT2D eigenvalue weighted by atomic mass is 35.5. The number of rotatable bonds is 6. The summed E-state index contributed by atoms with van der Waals surface area (Å²) in [6, 6.07) is 19.3. The van der Waals surface area contributed by atoms with Gasteiger partial charge in [-0.1, -0.05) is 41.9 Å². The molecule has 2 unspecified atom stereocenters. The van der Waals surface area contributed by atoms with Crippen LogP contribution in [0.15, 0.2) is 91.7 Å². The van der Waals surface area contributed by atoms with Crippen molar-refractivity contribution >= 4 is 23.6 Å². The number of carbonyl (C=O) groups excluding carboxylic acids is 1. The monoisotopic (exact) mass is 536 g/mol. The lowest BCUT2D eigenvalue weighted by atomic mass is 9.83. The Labute approximate surface area is 230 Å². The zero-order chi connectivity index (χ0) is 26.6. The molecule has 1 aliphatic rings. The predicted octanol–water partition coefficient (Wildman–Crippen LogP) is 5.26. The Morgan fingerprint density at radius 1 is 1.08 bits per heavy atom. The molecule has 0 spiro atoms. The first-order valence-electron chi connectivity index (χ1n) is 12.7. The summed E-state index contributed by atoms with van der Waals surface area (Å²) in [6.07, 6.45) is 12.0. The lowest BCUT2D eigenvalue weighted by Crippen LogP contribution is -2.41. The molecule has 4 heterocycles. The van der Waals surface area contributed by atoms with E-state index in [0.29, 0.717) is 11.6 Å². The van der Waals surface area contributed by atoms with Crippen molar-refractivity contribution in [1.82, 2.24) is 40.1 Å². The number of hydrogen-bond donors (Lipinski definition) is 1. The number of tetrazole rings is 1. The number of amides is 1. The van der Waals surface area contributed by atoms with Crippen LogP contribution in [0.5, 0.6) is 0 Å². The maximum Gasteiger partial charge on any atom is 0.247 e. The first-order chi connectivity index (χ1) is 19.2. The minimum absolute atomic E-state index is 0.0942. The maximum absolute atomic E-state index is 13.8. The number of likely N-dealkylation sites (tertiary alicyclic amines) is 1. The minimum Gasteiger partial charge on any atom is -0.340 e. The van der Waals surface area contributed by atoms with Gasteiger partial charge >= 0.3 is 0 Å². The smallest absolute Gasteiger partial charge is 0.247 e. The van der Waals surface area contributed by atoms with Gasteiger partial charge in [0.1, 0.15) is 12.2 Å². The Balaban J connectivity index is 1.35. The molecule has 10 heteroatoms. The molecular formula is C29H25ClN8O. The molecule has 0 aliphatic carbocycles. The molecular weight excluding hydrogens is 512 g/mol. The van der Waals surface area contributed by atoms with Crippen molar-refractivity contribution in [3.05, 3.63) is 114 Å². The Morgan fingerprint density at radius 3 is 2.72 bits per heavy atom. The van der Waals surface area contributed by atoms with Crippen LogP contribution < -0.4 is 0 Å². The van der Waals surface area contributed by atoms with E-state index >= 15 is 0 Å². The maximum atomic E-state index is 13.8. The molecule has 2 atom stereocenters. The summed E-state index contributed by atoms with van der Waals surface area (Å²) in [4.78, 5) is 28.1. The molecule has 1 saturated heterocycles. The Hall–Kier alpha value is -4.63. The van der Waals surface area contributed by atoms with Gasteiger partial charge in [-0.25, -0.2) is 4.98 Å². The van der Waals surface area contributed by atoms with Crippen LogP contribution in [-0.2, 0) is 4.79 Å². The van der Waals surface area contributed by atoms with Crippen molar-refractivity contribution in [2.45, 2.75) is 24.8 Å². The Morgan fingerprint density at radius 2 is 1.92 bits per heavy atom. The molecule has 6 rings (SSSR count). The van der Waals surface area contributed by atoms with Gasteiger partial charge < -0.3 is 9.88 Å². The molecule has 1 aliphatic heterocycles. The van der Waals surface area contributed by atoms with Crippen LogP contribution in [0.1, 0.15) is 41.8 Å². The summed E-state index contributed by atoms with van der Waals surface area (Å²) in [7, 11) is 0. The molecule has 0 bridgehead atoms. The SMILES string of the molecule is O=C(/C=C/c1cc(Cl)ccc1-n1cnnn1)N1CCCC(c2ccccc2)C1c1ncc(-c2ccncc2)[nH]1. The van der Waals surface area contributed by atoms with Gasteiger partial charge in [-0.05, 0) is 65.2 Å². The fourth-order valence-electron chi connectivity index (χ4n) is 5.19. The molecule has 0 saturated carbocycles. The molecule has 9 nitrogen and oxygen atoms in total. The number of halogens is 1. The van der Waals surface area contributed by atoms with Crippen LogP contribution in [0, 0.1) is 0 Å². The van der Waals surface area contributed by atoms with Crippen molar-refractivity contribution in [2.75, 3.05) is 6.54 Å². The van der Waals surface area contributed by atoms with E-state index < -0.39 is 0 Å². The van der Waals surface area contributed by atoms with E-state index in [9.17, 15) is 4.79 Å². The normalized spacial score (nSPS) is 17.5. The quantitative estimate of drug-likeness (QED) is 0.297. The van der Waals surface area contributed by atoms with E-state index in [-0.39, 0.29) is 17.9 Å². The number of benzene rings is 2. The third-order valence-electron chi connectivity index (χ3n) is 7.00. The number of aromatic amines is 1. The molecule has 0 radical (unpaired) electrons. The topological polar surface area (TPSA) is 105 Å². The number of nitrogens with zero attached hydrogens (tertiary/aromatic N) is 7. The van der Waals surface area contributed by atoms with E-state index in [1.54, 1.807) is 41.4 Å². The summed E-state index contributed by atoms with van der Waals surface area (Å²) in [5.41, 5.74) is 4.51. The summed E-state index contributed by atoms with van der Waals surface area (Å²) < 4.78 is 1.54. The van der Waals surface area contributed by atoms with Crippen molar-refractivity contribution < 1.29 is 4.79 Å². The number of imidazole rings is 1. The van der Waals surface area contributed by atoms with Crippen LogP contribution >= 0.6 is 11.6 Å². The van der Waals surface area contributed by atoms with E-state index in [2.05, 4.69) is 37.6 Å². The molecule has 1 amide bonds. The minimum atomic E-state index is -0.257. The summed E-state index contributed by atoms with van der Waals surface area (Å²) in [6.45, 7) is 0.623. The molecule has 194 valence electrons. The third kappa shape index (κ3) is 5.21. The van der Waals surface area contributed by atoms with Crippen molar-refractivity contribution in [3.63, 3.8) is 0 Å². The molecule has 1 fully saturated rings. The molecule has 3 aromatic heterocycles. The summed E-state index contributed by atoms with van der Waals surface area (Å²) >= 11 is 6.28. The zero-order valence-electron chi connectivity index (χ0n) is 20.9. The number of pyridine rings is 1. The fourth-order valence-corrected chi connectivity index (χ4v) is 5.37. The summed E-state index contributed by atoms with van der Waals surface area (Å²) in [5.74, 6) is 0.746. The van der Waals surface area contributed by atoms with Crippen LogP contribution in [0.3, 0.4) is 0 Å². The molecule has 5 aromatic rings. The van der Waals surface area contributed by atoms with Gasteiger partial charge in [-0.2, -0.15) is 4.68 Å². The van der Waals surface area contributed by atoms with Gasteiger partial charge in [0, 0.05) is 47.1 Å². The third-order valence-corrected chi connectivity index (χ3v) is 7.23. The Bertz CT molecular complexity index is 1580. The van der Waals surface area contributed by atoms with E-state index in [0.717, 1.165) is 41.2 Å². The van der Waals surface area contributed by atoms with Gasteiger partial charge in [0.15, 0.2) is 0 Å². The van der Waals surface area contributed by atoms with Crippen molar-refractivity contribution in [3.8, 4) is 16.9 Å². The standard InChI is InChI=1S/C29H25ClN8O/c30-23-9-10-26(38-19-33-35-36-38)22(17-23)8-11-27(39)37-16-4-7-24(20-5-2-1-3-6-20)28(37)29-32-18-25(34-29)21-12-14-31-15-13-21/h1-3,5-6,8-15,17-19,24,28H,4,7,16H2,(H,32,34)/b11-8+. The first kappa shape index (κ1) is 24.7. The van der Waals surface area contributed by atoms with Gasteiger partial charge in [0.05, 0.1) is 23.6 Å².